The van der Waals surface area contributed by atoms with Gasteiger partial charge in [0.15, 0.2) is 0 Å². The minimum Gasteiger partial charge on any atom is -0.444 e. The van der Waals surface area contributed by atoms with E-state index in [1.807, 2.05) is 36.4 Å². The van der Waals surface area contributed by atoms with E-state index < -0.39 is 17.9 Å². The molecule has 182 valence electrons. The van der Waals surface area contributed by atoms with Gasteiger partial charge in [0.25, 0.3) is 0 Å². The Labute approximate surface area is 197 Å². The summed E-state index contributed by atoms with van der Waals surface area (Å²) in [4.78, 5) is 13.6. The first kappa shape index (κ1) is 26.8. The van der Waals surface area contributed by atoms with Crippen LogP contribution in [0.5, 0.6) is 0 Å². The van der Waals surface area contributed by atoms with Crippen molar-refractivity contribution in [3.63, 3.8) is 0 Å². The Kier molecular flexibility index (Phi) is 11.9. The van der Waals surface area contributed by atoms with E-state index >= 15 is 0 Å². The molecule has 0 bridgehead atoms. The monoisotopic (exact) mass is 460 g/mol. The van der Waals surface area contributed by atoms with Crippen molar-refractivity contribution >= 4 is 6.09 Å². The molecule has 0 aliphatic heterocycles. The third-order valence-electron chi connectivity index (χ3n) is 4.54. The fourth-order valence-electron chi connectivity index (χ4n) is 3.17. The lowest BCUT2D eigenvalue weighted by Crippen LogP contribution is -2.34. The van der Waals surface area contributed by atoms with Gasteiger partial charge in [-0.1, -0.05) is 60.7 Å². The average Bonchev–Trinajstić information content (AvgIpc) is 2.75. The average molecular weight is 461 g/mol. The molecule has 6 nitrogen and oxygen atoms in total. The Morgan fingerprint density at radius 1 is 0.909 bits per heavy atom. The summed E-state index contributed by atoms with van der Waals surface area (Å²) in [5.41, 5.74) is 1.77. The van der Waals surface area contributed by atoms with Gasteiger partial charge in [0.1, 0.15) is 11.8 Å². The molecule has 1 atom stereocenters. The van der Waals surface area contributed by atoms with E-state index in [1.165, 1.54) is 0 Å². The van der Waals surface area contributed by atoms with Crippen LogP contribution in [0.2, 0.25) is 0 Å². The highest BCUT2D eigenvalue weighted by Gasteiger charge is 2.16. The van der Waals surface area contributed by atoms with Crippen LogP contribution in [-0.2, 0) is 27.3 Å². The number of carbonyl (C=O) groups excluding carboxylic acids is 1. The first-order valence-electron chi connectivity index (χ1n) is 11.4. The Morgan fingerprint density at radius 2 is 1.45 bits per heavy atom. The Hall–Kier alpha value is -2.48. The zero-order chi connectivity index (χ0) is 23.9. The number of hydrogen-bond acceptors (Lipinski definition) is 5. The first-order chi connectivity index (χ1) is 15.8. The van der Waals surface area contributed by atoms with Gasteiger partial charge in [-0.3, -0.25) is 4.90 Å². The molecule has 2 aromatic carbocycles. The number of hydrogen-bond donors (Lipinski definition) is 1. The van der Waals surface area contributed by atoms with E-state index in [9.17, 15) is 9.18 Å². The number of rotatable bonds is 14. The summed E-state index contributed by atoms with van der Waals surface area (Å²) in [5.74, 6) is 0. The quantitative estimate of drug-likeness (QED) is 0.418. The van der Waals surface area contributed by atoms with Crippen LogP contribution >= 0.6 is 0 Å². The lowest BCUT2D eigenvalue weighted by molar-refractivity contribution is 0.0165. The molecule has 1 unspecified atom stereocenters. The molecule has 0 aliphatic rings. The number of carbonyl (C=O) groups is 1. The SMILES string of the molecule is CC(C)(C)OC(=O)NCCOCCOCC(F)CN(Cc1ccccc1)Cc1ccccc1. The molecule has 2 aromatic rings. The molecule has 0 radical (unpaired) electrons. The lowest BCUT2D eigenvalue weighted by Gasteiger charge is -2.24. The molecule has 33 heavy (non-hydrogen) atoms. The molecule has 0 aromatic heterocycles. The zero-order valence-corrected chi connectivity index (χ0v) is 20.0. The van der Waals surface area contributed by atoms with Gasteiger partial charge in [-0.05, 0) is 31.9 Å². The third-order valence-corrected chi connectivity index (χ3v) is 4.54. The summed E-state index contributed by atoms with van der Waals surface area (Å²) in [7, 11) is 0. The van der Waals surface area contributed by atoms with Crippen LogP contribution in [-0.4, -0.2) is 62.3 Å². The number of alkyl halides is 1. The Bertz CT molecular complexity index is 742. The van der Waals surface area contributed by atoms with Crippen LogP contribution in [0.1, 0.15) is 31.9 Å². The molecule has 0 saturated carbocycles. The highest BCUT2D eigenvalue weighted by atomic mass is 19.1. The van der Waals surface area contributed by atoms with Crippen LogP contribution < -0.4 is 5.32 Å². The summed E-state index contributed by atoms with van der Waals surface area (Å²) in [5, 5.41) is 2.62. The molecular formula is C26H37FN2O4. The normalized spacial score (nSPS) is 12.5. The smallest absolute Gasteiger partial charge is 0.407 e. The van der Waals surface area contributed by atoms with Crippen LogP contribution in [0.4, 0.5) is 9.18 Å². The number of ether oxygens (including phenoxy) is 3. The first-order valence-corrected chi connectivity index (χ1v) is 11.4. The van der Waals surface area contributed by atoms with Crippen molar-refractivity contribution in [3.05, 3.63) is 71.8 Å². The number of benzene rings is 2. The second-order valence-corrected chi connectivity index (χ2v) is 8.85. The maximum atomic E-state index is 14.6. The van der Waals surface area contributed by atoms with Crippen LogP contribution in [0.15, 0.2) is 60.7 Å². The topological polar surface area (TPSA) is 60.0 Å². The highest BCUT2D eigenvalue weighted by molar-refractivity contribution is 5.67. The van der Waals surface area contributed by atoms with Crippen molar-refractivity contribution in [2.75, 3.05) is 39.5 Å². The maximum Gasteiger partial charge on any atom is 0.407 e. The summed E-state index contributed by atoms with van der Waals surface area (Å²) in [6.07, 6.45) is -1.58. The standard InChI is InChI=1S/C26H37FN2O4/c1-26(2,3)33-25(30)28-14-15-31-16-17-32-21-24(27)20-29(18-22-10-6-4-7-11-22)19-23-12-8-5-9-13-23/h4-13,24H,14-21H2,1-3H3,(H,28,30). The Balaban J connectivity index is 1.63. The Morgan fingerprint density at radius 3 is 2.00 bits per heavy atom. The van der Waals surface area contributed by atoms with Crippen molar-refractivity contribution in [2.45, 2.75) is 45.6 Å². The second kappa shape index (κ2) is 14.6. The van der Waals surface area contributed by atoms with Gasteiger partial charge >= 0.3 is 6.09 Å². The van der Waals surface area contributed by atoms with Gasteiger partial charge in [0.2, 0.25) is 0 Å². The van der Waals surface area contributed by atoms with Crippen molar-refractivity contribution in [1.82, 2.24) is 10.2 Å². The number of halogens is 1. The molecular weight excluding hydrogens is 423 g/mol. The largest absolute Gasteiger partial charge is 0.444 e. The summed E-state index contributed by atoms with van der Waals surface area (Å²) in [6.45, 7) is 8.37. The summed E-state index contributed by atoms with van der Waals surface area (Å²) >= 11 is 0. The van der Waals surface area contributed by atoms with Gasteiger partial charge in [-0.15, -0.1) is 0 Å². The number of alkyl carbamates (subject to hydrolysis) is 1. The number of amides is 1. The highest BCUT2D eigenvalue weighted by Crippen LogP contribution is 2.12. The van der Waals surface area contributed by atoms with Gasteiger partial charge < -0.3 is 19.5 Å². The predicted octanol–water partition coefficient (Wildman–Crippen LogP) is 4.58. The number of nitrogens with zero attached hydrogens (tertiary/aromatic N) is 1. The maximum absolute atomic E-state index is 14.6. The molecule has 0 spiro atoms. The van der Waals surface area contributed by atoms with Gasteiger partial charge in [0, 0.05) is 26.2 Å². The molecule has 0 fully saturated rings. The van der Waals surface area contributed by atoms with Gasteiger partial charge in [-0.25, -0.2) is 9.18 Å². The van der Waals surface area contributed by atoms with Crippen LogP contribution in [0.25, 0.3) is 0 Å². The van der Waals surface area contributed by atoms with Crippen molar-refractivity contribution in [2.24, 2.45) is 0 Å². The van der Waals surface area contributed by atoms with Crippen molar-refractivity contribution in [1.29, 1.82) is 0 Å². The molecule has 7 heteroatoms. The minimum atomic E-state index is -1.11. The second-order valence-electron chi connectivity index (χ2n) is 8.85. The fraction of sp³-hybridized carbons (Fsp3) is 0.500. The molecule has 0 aliphatic carbocycles. The zero-order valence-electron chi connectivity index (χ0n) is 20.0. The van der Waals surface area contributed by atoms with E-state index in [1.54, 1.807) is 20.8 Å². The minimum absolute atomic E-state index is 0.0135. The predicted molar refractivity (Wildman–Crippen MR) is 128 cm³/mol. The summed E-state index contributed by atoms with van der Waals surface area (Å²) in [6, 6.07) is 20.1. The van der Waals surface area contributed by atoms with Crippen LogP contribution in [0, 0.1) is 0 Å². The lowest BCUT2D eigenvalue weighted by atomic mass is 10.1. The molecule has 0 saturated heterocycles. The van der Waals surface area contributed by atoms with E-state index in [-0.39, 0.29) is 13.2 Å². The number of nitrogens with one attached hydrogen (secondary N) is 1. The fourth-order valence-corrected chi connectivity index (χ4v) is 3.17. The van der Waals surface area contributed by atoms with Gasteiger partial charge in [-0.2, -0.15) is 0 Å². The van der Waals surface area contributed by atoms with Gasteiger partial charge in [0.05, 0.1) is 26.4 Å². The molecule has 0 heterocycles. The summed E-state index contributed by atoms with van der Waals surface area (Å²) < 4.78 is 30.6. The molecule has 2 rings (SSSR count). The molecule has 1 amide bonds. The van der Waals surface area contributed by atoms with Crippen molar-refractivity contribution < 1.29 is 23.4 Å². The van der Waals surface area contributed by atoms with E-state index in [4.69, 9.17) is 14.2 Å². The van der Waals surface area contributed by atoms with Crippen molar-refractivity contribution in [3.8, 4) is 0 Å². The van der Waals surface area contributed by atoms with Crippen LogP contribution in [0.3, 0.4) is 0 Å². The van der Waals surface area contributed by atoms with E-state index in [2.05, 4.69) is 34.5 Å². The van der Waals surface area contributed by atoms with E-state index in [0.29, 0.717) is 39.5 Å². The third kappa shape index (κ3) is 13.0. The molecule has 1 N–H and O–H groups in total. The van der Waals surface area contributed by atoms with E-state index in [0.717, 1.165) is 11.1 Å².